The molecule has 1 heterocycles. The minimum Gasteiger partial charge on any atom is -0.462 e. The number of carbonyl (C=O) groups excluding carboxylic acids is 2. The van der Waals surface area contributed by atoms with Crippen molar-refractivity contribution >= 4 is 29.6 Å². The van der Waals surface area contributed by atoms with E-state index in [1.165, 1.54) is 0 Å². The smallest absolute Gasteiger partial charge is 0.462 e. The van der Waals surface area contributed by atoms with Gasteiger partial charge in [-0.25, -0.2) is 4.79 Å². The number of esters is 1. The monoisotopic (exact) mass is 401 g/mol. The molecular weight excluding hydrogens is 372 g/mol. The molecular formula is C22H29N2O5+. The third-order valence-electron chi connectivity index (χ3n) is 5.29. The van der Waals surface area contributed by atoms with E-state index in [0.29, 0.717) is 17.4 Å². The normalized spacial score (nSPS) is 19.4. The Bertz CT molecular complexity index is 904. The lowest BCUT2D eigenvalue weighted by molar-refractivity contribution is -0.823. The molecule has 29 heavy (non-hydrogen) atoms. The van der Waals surface area contributed by atoms with Crippen LogP contribution in [0.1, 0.15) is 40.2 Å². The van der Waals surface area contributed by atoms with Crippen LogP contribution in [0.5, 0.6) is 0 Å². The largest absolute Gasteiger partial charge is 0.524 e. The molecule has 0 aromatic heterocycles. The number of hydrogen-bond acceptors (Lipinski definition) is 5. The van der Waals surface area contributed by atoms with Crippen molar-refractivity contribution in [1.82, 2.24) is 0 Å². The molecule has 1 atom stereocenters. The standard InChI is InChI=1S/C22H28N2O5/c1-8-29-20(26)18-14(2)24(21(27)28,22(3,4)5)17(13-25)19(18)15-9-11-16(12-10-15)23(6)7/h9-13H,8H2,1-7H3/p+1. The number of aldehydes is 1. The number of anilines is 1. The average Bonchev–Trinajstić information content (AvgIpc) is 2.91. The van der Waals surface area contributed by atoms with Crippen molar-refractivity contribution < 1.29 is 28.7 Å². The topological polar surface area (TPSA) is 83.9 Å². The molecule has 7 heteroatoms. The minimum atomic E-state index is -1.22. The Morgan fingerprint density at radius 1 is 1.17 bits per heavy atom. The average molecular weight is 401 g/mol. The lowest BCUT2D eigenvalue weighted by Crippen LogP contribution is -2.60. The van der Waals surface area contributed by atoms with E-state index in [1.54, 1.807) is 46.8 Å². The highest BCUT2D eigenvalue weighted by Crippen LogP contribution is 2.49. The molecule has 1 aromatic carbocycles. The maximum absolute atomic E-state index is 12.9. The predicted octanol–water partition coefficient (Wildman–Crippen LogP) is 3.81. The first-order chi connectivity index (χ1) is 13.4. The quantitative estimate of drug-likeness (QED) is 0.459. The molecule has 2 rings (SSSR count). The minimum absolute atomic E-state index is 0.0168. The zero-order chi connectivity index (χ0) is 22.1. The summed E-state index contributed by atoms with van der Waals surface area (Å²) in [4.78, 5) is 39.7. The van der Waals surface area contributed by atoms with Crippen molar-refractivity contribution in [2.75, 3.05) is 25.6 Å². The Labute approximate surface area is 171 Å². The molecule has 1 aliphatic rings. The number of carboxylic acid groups (broad SMARTS) is 1. The van der Waals surface area contributed by atoms with Gasteiger partial charge in [0, 0.05) is 26.7 Å². The molecule has 0 spiro atoms. The molecule has 7 nitrogen and oxygen atoms in total. The second-order valence-electron chi connectivity index (χ2n) is 8.12. The number of nitrogens with zero attached hydrogens (tertiary/aromatic N) is 2. The van der Waals surface area contributed by atoms with Gasteiger partial charge < -0.3 is 14.7 Å². The summed E-state index contributed by atoms with van der Waals surface area (Å²) in [5.41, 5.74) is 1.32. The molecule has 0 aliphatic carbocycles. The number of ether oxygens (including phenoxy) is 1. The highest BCUT2D eigenvalue weighted by Gasteiger charge is 2.60. The number of quaternary nitrogens is 1. The first-order valence-electron chi connectivity index (χ1n) is 9.44. The van der Waals surface area contributed by atoms with E-state index in [9.17, 15) is 19.5 Å². The van der Waals surface area contributed by atoms with Gasteiger partial charge in [0.1, 0.15) is 16.8 Å². The molecule has 0 fully saturated rings. The summed E-state index contributed by atoms with van der Waals surface area (Å²) in [5.74, 6) is -0.637. The SMILES string of the molecule is CCOC(=O)C1=C(C)[N+](C(=O)O)(C(C)(C)C)C(C=O)=C1c1ccc(N(C)C)cc1. The van der Waals surface area contributed by atoms with Gasteiger partial charge in [-0.15, -0.1) is 0 Å². The van der Waals surface area contributed by atoms with Crippen molar-refractivity contribution in [3.8, 4) is 0 Å². The van der Waals surface area contributed by atoms with Crippen LogP contribution < -0.4 is 4.90 Å². The molecule has 0 bridgehead atoms. The van der Waals surface area contributed by atoms with Crippen LogP contribution in [0.2, 0.25) is 0 Å². The molecule has 1 N–H and O–H groups in total. The summed E-state index contributed by atoms with van der Waals surface area (Å²) >= 11 is 0. The van der Waals surface area contributed by atoms with Crippen molar-refractivity contribution in [3.63, 3.8) is 0 Å². The summed E-state index contributed by atoms with van der Waals surface area (Å²) in [6.07, 6.45) is -0.677. The Balaban J connectivity index is 2.94. The number of amides is 1. The fourth-order valence-electron chi connectivity index (χ4n) is 4.03. The highest BCUT2D eigenvalue weighted by atomic mass is 16.5. The van der Waals surface area contributed by atoms with Gasteiger partial charge in [0.05, 0.1) is 12.2 Å². The van der Waals surface area contributed by atoms with Crippen LogP contribution in [0.4, 0.5) is 10.5 Å². The molecule has 1 unspecified atom stereocenters. The van der Waals surface area contributed by atoms with Crippen LogP contribution in [-0.4, -0.2) is 54.2 Å². The van der Waals surface area contributed by atoms with Crippen LogP contribution >= 0.6 is 0 Å². The van der Waals surface area contributed by atoms with Gasteiger partial charge in [-0.3, -0.25) is 4.79 Å². The summed E-state index contributed by atoms with van der Waals surface area (Å²) in [7, 11) is 3.81. The van der Waals surface area contributed by atoms with Crippen molar-refractivity contribution in [3.05, 3.63) is 46.8 Å². The van der Waals surface area contributed by atoms with Gasteiger partial charge in [-0.1, -0.05) is 12.1 Å². The Morgan fingerprint density at radius 2 is 1.72 bits per heavy atom. The molecule has 0 radical (unpaired) electrons. The number of carbonyl (C=O) groups is 3. The Kier molecular flexibility index (Phi) is 6.04. The number of hydrogen-bond donors (Lipinski definition) is 1. The molecule has 156 valence electrons. The van der Waals surface area contributed by atoms with Gasteiger partial charge in [-0.2, -0.15) is 9.28 Å². The second-order valence-corrected chi connectivity index (χ2v) is 8.12. The number of benzene rings is 1. The molecule has 0 saturated heterocycles. The first kappa shape index (κ1) is 22.4. The van der Waals surface area contributed by atoms with E-state index in [1.807, 2.05) is 31.1 Å². The third kappa shape index (κ3) is 3.35. The summed E-state index contributed by atoms with van der Waals surface area (Å²) < 4.78 is 4.48. The molecule has 1 aromatic rings. The number of rotatable bonds is 5. The first-order valence-corrected chi connectivity index (χ1v) is 9.44. The van der Waals surface area contributed by atoms with E-state index in [0.717, 1.165) is 5.69 Å². The van der Waals surface area contributed by atoms with Crippen LogP contribution in [0.3, 0.4) is 0 Å². The van der Waals surface area contributed by atoms with E-state index >= 15 is 0 Å². The Hall–Kier alpha value is -2.93. The van der Waals surface area contributed by atoms with E-state index in [4.69, 9.17) is 4.74 Å². The summed E-state index contributed by atoms with van der Waals surface area (Å²) in [5, 5.41) is 10.3. The van der Waals surface area contributed by atoms with E-state index < -0.39 is 22.1 Å². The van der Waals surface area contributed by atoms with Gasteiger partial charge in [0.15, 0.2) is 5.70 Å². The Morgan fingerprint density at radius 3 is 2.10 bits per heavy atom. The lowest BCUT2D eigenvalue weighted by Gasteiger charge is -2.40. The lowest BCUT2D eigenvalue weighted by atomic mass is 9.96. The summed E-state index contributed by atoms with van der Waals surface area (Å²) in [6, 6.07) is 7.28. The molecule has 0 saturated carbocycles. The van der Waals surface area contributed by atoms with E-state index in [2.05, 4.69) is 0 Å². The van der Waals surface area contributed by atoms with Crippen LogP contribution in [0.25, 0.3) is 5.57 Å². The van der Waals surface area contributed by atoms with E-state index in [-0.39, 0.29) is 23.6 Å². The van der Waals surface area contributed by atoms with Crippen molar-refractivity contribution in [2.45, 2.75) is 40.2 Å². The molecule has 1 aliphatic heterocycles. The number of allylic oxidation sites excluding steroid dienone is 2. The van der Waals surface area contributed by atoms with Gasteiger partial charge >= 0.3 is 12.1 Å². The fourth-order valence-corrected chi connectivity index (χ4v) is 4.03. The highest BCUT2D eigenvalue weighted by molar-refractivity contribution is 6.12. The van der Waals surface area contributed by atoms with Gasteiger partial charge in [-0.05, 0) is 45.4 Å². The maximum atomic E-state index is 12.9. The van der Waals surface area contributed by atoms with Crippen molar-refractivity contribution in [1.29, 1.82) is 0 Å². The third-order valence-corrected chi connectivity index (χ3v) is 5.29. The van der Waals surface area contributed by atoms with Gasteiger partial charge in [0.25, 0.3) is 0 Å². The molecule has 1 amide bonds. The van der Waals surface area contributed by atoms with Gasteiger partial charge in [0.2, 0.25) is 6.29 Å². The zero-order valence-corrected chi connectivity index (χ0v) is 18.1. The van der Waals surface area contributed by atoms with Crippen LogP contribution in [0, 0.1) is 0 Å². The predicted molar refractivity (Wildman–Crippen MR) is 111 cm³/mol. The fraction of sp³-hybridized carbons (Fsp3) is 0.409. The van der Waals surface area contributed by atoms with Crippen molar-refractivity contribution in [2.24, 2.45) is 0 Å². The summed E-state index contributed by atoms with van der Waals surface area (Å²) in [6.45, 7) is 8.60. The van der Waals surface area contributed by atoms with Crippen LogP contribution in [-0.2, 0) is 14.3 Å². The maximum Gasteiger partial charge on any atom is 0.524 e. The van der Waals surface area contributed by atoms with Crippen LogP contribution in [0.15, 0.2) is 41.2 Å². The zero-order valence-electron chi connectivity index (χ0n) is 18.1. The second kappa shape index (κ2) is 7.83.